The Balaban J connectivity index is 0.000000390. The van der Waals surface area contributed by atoms with Crippen molar-refractivity contribution in [2.24, 2.45) is 22.7 Å². The van der Waals surface area contributed by atoms with Crippen molar-refractivity contribution >= 4 is 70.5 Å². The fourth-order valence-electron chi connectivity index (χ4n) is 9.45. The number of carbonyl (C=O) groups excluding carboxylic acids is 1. The number of pyridine rings is 1. The Hall–Kier alpha value is -3.85. The molecule has 0 atom stereocenters. The molecule has 1 radical (unpaired) electrons. The average Bonchev–Trinajstić information content (AvgIpc) is 3.15. The average molecular weight is 1010 g/mol. The van der Waals surface area contributed by atoms with E-state index in [1.807, 2.05) is 33.9 Å². The number of aromatic nitrogens is 1. The van der Waals surface area contributed by atoms with Crippen LogP contribution in [0.3, 0.4) is 0 Å². The third-order valence-corrected chi connectivity index (χ3v) is 12.9. The third kappa shape index (κ3) is 10.2. The SMILES string of the molecule is CC(C)(C)Cc1cc(CC(C)(C)C)c2cc3c([c-]c2c1)c1nccc2c4ccc(C(C)(C)C)cc4c4cc(C(C)(C)C)cc3c4c21.CCC(CC)C(=O)/C=C(\O)C(CC)CC.[Ir]. The fraction of sp³-hybridized carbons (Fsp3) is 0.483. The molecule has 62 heavy (non-hydrogen) atoms. The summed E-state index contributed by atoms with van der Waals surface area (Å²) in [5.41, 5.74) is 7.08. The van der Waals surface area contributed by atoms with E-state index in [2.05, 4.69) is 144 Å². The van der Waals surface area contributed by atoms with Crippen LogP contribution in [-0.2, 0) is 48.6 Å². The van der Waals surface area contributed by atoms with Gasteiger partial charge in [-0.3, -0.25) is 9.78 Å². The molecule has 3 nitrogen and oxygen atoms in total. The van der Waals surface area contributed by atoms with Gasteiger partial charge in [-0.05, 0) is 121 Å². The van der Waals surface area contributed by atoms with Gasteiger partial charge in [-0.25, -0.2) is 0 Å². The van der Waals surface area contributed by atoms with Gasteiger partial charge in [0.05, 0.1) is 5.76 Å². The summed E-state index contributed by atoms with van der Waals surface area (Å²) < 4.78 is 0. The summed E-state index contributed by atoms with van der Waals surface area (Å²) in [4.78, 5) is 16.9. The largest absolute Gasteiger partial charge is 0.512 e. The molecule has 6 aromatic carbocycles. The number of nitrogens with zero attached hydrogens (tertiary/aromatic N) is 1. The molecule has 7 rings (SSSR count). The van der Waals surface area contributed by atoms with Gasteiger partial charge in [-0.1, -0.05) is 168 Å². The summed E-state index contributed by atoms with van der Waals surface area (Å²) in [6, 6.07) is 25.7. The number of carbonyl (C=O) groups is 1. The van der Waals surface area contributed by atoms with Crippen molar-refractivity contribution in [3.05, 3.63) is 101 Å². The van der Waals surface area contributed by atoms with Gasteiger partial charge in [0.1, 0.15) is 0 Å². The molecular weight excluding hydrogens is 935 g/mol. The molecule has 0 aliphatic heterocycles. The number of allylic oxidation sites excluding steroid dienone is 2. The van der Waals surface area contributed by atoms with Crippen molar-refractivity contribution < 1.29 is 30.0 Å². The molecule has 0 aliphatic rings. The summed E-state index contributed by atoms with van der Waals surface area (Å²) in [5.74, 6) is 0.547. The van der Waals surface area contributed by atoms with Crippen LogP contribution in [0.15, 0.2) is 72.6 Å². The van der Waals surface area contributed by atoms with Crippen LogP contribution in [0.2, 0.25) is 0 Å². The van der Waals surface area contributed by atoms with Crippen molar-refractivity contribution in [2.75, 3.05) is 0 Å². The molecule has 0 spiro atoms. The van der Waals surface area contributed by atoms with Gasteiger partial charge in [0.25, 0.3) is 0 Å². The maximum atomic E-state index is 11.7. The zero-order chi connectivity index (χ0) is 45.0. The molecule has 1 N–H and O–H groups in total. The number of aliphatic hydroxyl groups excluding tert-OH is 1. The van der Waals surface area contributed by atoms with Gasteiger partial charge in [-0.2, -0.15) is 0 Å². The predicted octanol–water partition coefficient (Wildman–Crippen LogP) is 16.9. The summed E-state index contributed by atoms with van der Waals surface area (Å²) in [6.45, 7) is 36.1. The zero-order valence-electron chi connectivity index (χ0n) is 40.9. The van der Waals surface area contributed by atoms with Crippen LogP contribution in [0.5, 0.6) is 0 Å². The van der Waals surface area contributed by atoms with E-state index in [1.54, 1.807) is 0 Å². The number of aliphatic hydroxyl groups is 1. The Kier molecular flexibility index (Phi) is 14.5. The number of hydrogen-bond acceptors (Lipinski definition) is 3. The molecule has 0 saturated heterocycles. The minimum absolute atomic E-state index is 0. The van der Waals surface area contributed by atoms with Crippen LogP contribution in [0.1, 0.15) is 159 Å². The van der Waals surface area contributed by atoms with E-state index in [0.717, 1.165) is 49.4 Å². The normalized spacial score (nSPS) is 13.3. The van der Waals surface area contributed by atoms with E-state index in [1.165, 1.54) is 82.2 Å². The molecule has 0 bridgehead atoms. The van der Waals surface area contributed by atoms with Gasteiger partial charge >= 0.3 is 0 Å². The quantitative estimate of drug-likeness (QED) is 0.0515. The van der Waals surface area contributed by atoms with E-state index in [0.29, 0.717) is 0 Å². The number of ketones is 1. The van der Waals surface area contributed by atoms with Crippen molar-refractivity contribution in [3.8, 4) is 0 Å². The van der Waals surface area contributed by atoms with Gasteiger partial charge < -0.3 is 5.11 Å². The van der Waals surface area contributed by atoms with Crippen LogP contribution < -0.4 is 0 Å². The van der Waals surface area contributed by atoms with E-state index in [-0.39, 0.29) is 65.1 Å². The summed E-state index contributed by atoms with van der Waals surface area (Å²) in [7, 11) is 0. The van der Waals surface area contributed by atoms with Crippen molar-refractivity contribution in [1.82, 2.24) is 4.98 Å². The summed E-state index contributed by atoms with van der Waals surface area (Å²) >= 11 is 0. The van der Waals surface area contributed by atoms with Crippen LogP contribution in [0, 0.1) is 28.7 Å². The van der Waals surface area contributed by atoms with Crippen molar-refractivity contribution in [1.29, 1.82) is 0 Å². The summed E-state index contributed by atoms with van der Waals surface area (Å²) in [5, 5.41) is 23.9. The Morgan fingerprint density at radius 1 is 0.613 bits per heavy atom. The number of rotatable bonds is 9. The van der Waals surface area contributed by atoms with Crippen molar-refractivity contribution in [3.63, 3.8) is 0 Å². The first-order valence-corrected chi connectivity index (χ1v) is 23.2. The molecule has 333 valence electrons. The molecule has 4 heteroatoms. The maximum Gasteiger partial charge on any atom is 0.162 e. The third-order valence-electron chi connectivity index (χ3n) is 12.9. The Bertz CT molecular complexity index is 2750. The minimum atomic E-state index is 0. The maximum absolute atomic E-state index is 11.7. The molecule has 0 fully saturated rings. The zero-order valence-corrected chi connectivity index (χ0v) is 43.3. The van der Waals surface area contributed by atoms with Crippen LogP contribution in [0.25, 0.3) is 64.8 Å². The molecular formula is C58H74IrNO2-. The van der Waals surface area contributed by atoms with E-state index < -0.39 is 0 Å². The first-order valence-electron chi connectivity index (χ1n) is 23.2. The van der Waals surface area contributed by atoms with Gasteiger partial charge in [0, 0.05) is 49.7 Å². The molecule has 1 aromatic heterocycles. The molecule has 7 aromatic rings. The predicted molar refractivity (Wildman–Crippen MR) is 267 cm³/mol. The molecule has 1 heterocycles. The first-order chi connectivity index (χ1) is 28.4. The van der Waals surface area contributed by atoms with Gasteiger partial charge in [0.15, 0.2) is 5.78 Å². The number of fused-ring (bicyclic) bond motifs is 7. The Morgan fingerprint density at radius 2 is 1.18 bits per heavy atom. The monoisotopic (exact) mass is 1010 g/mol. The fourth-order valence-corrected chi connectivity index (χ4v) is 9.45. The second-order valence-electron chi connectivity index (χ2n) is 22.5. The molecule has 0 aliphatic carbocycles. The van der Waals surface area contributed by atoms with Crippen LogP contribution in [0.4, 0.5) is 0 Å². The number of hydrogen-bond donors (Lipinski definition) is 1. The van der Waals surface area contributed by atoms with Gasteiger partial charge in [-0.15, -0.1) is 23.6 Å². The second-order valence-corrected chi connectivity index (χ2v) is 22.5. The topological polar surface area (TPSA) is 50.2 Å². The molecule has 0 unspecified atom stereocenters. The smallest absolute Gasteiger partial charge is 0.162 e. The molecule has 0 amide bonds. The second kappa shape index (κ2) is 18.3. The Morgan fingerprint density at radius 3 is 1.73 bits per heavy atom. The Labute approximate surface area is 387 Å². The van der Waals surface area contributed by atoms with Crippen LogP contribution >= 0.6 is 0 Å². The van der Waals surface area contributed by atoms with E-state index >= 15 is 0 Å². The standard InChI is InChI=1S/C45H50N.C13H24O2.Ir/c1-42(2,3)24-26-17-27-19-38-35(23-33(27)28(18-26)25-43(4,5)6)37-22-30(45(10,11)12)21-36-34-20-29(44(7,8)9)13-14-31(34)32-15-16-46-41(38)40(32)39(36)37;1-5-10(6-2)12(14)9-13(15)11(7-3)8-4;/h13-18,20-23H,24-25H2,1-12H3;9-11,14H,5-8H2,1-4H3;/q-1;;/b;12-9-;. The number of benzene rings is 6. The molecule has 0 saturated carbocycles. The van der Waals surface area contributed by atoms with E-state index in [4.69, 9.17) is 4.98 Å². The van der Waals surface area contributed by atoms with Crippen LogP contribution in [-0.4, -0.2) is 15.9 Å². The minimum Gasteiger partial charge on any atom is -0.512 e. The first kappa shape index (κ1) is 49.2. The van der Waals surface area contributed by atoms with Crippen molar-refractivity contribution in [2.45, 2.75) is 160 Å². The van der Waals surface area contributed by atoms with Gasteiger partial charge in [0.2, 0.25) is 0 Å². The summed E-state index contributed by atoms with van der Waals surface area (Å²) in [6.07, 6.45) is 8.98. The van der Waals surface area contributed by atoms with E-state index in [9.17, 15) is 9.90 Å².